The summed E-state index contributed by atoms with van der Waals surface area (Å²) >= 11 is 0. The molecule has 7 heteroatoms. The van der Waals surface area contributed by atoms with Crippen LogP contribution in [0.4, 0.5) is 0 Å². The first-order chi connectivity index (χ1) is 13.3. The van der Waals surface area contributed by atoms with Crippen molar-refractivity contribution in [1.82, 2.24) is 15.5 Å². The minimum atomic E-state index is -0.0244. The fourth-order valence-corrected chi connectivity index (χ4v) is 2.53. The predicted octanol–water partition coefficient (Wildman–Crippen LogP) is 2.30. The number of amides is 1. The lowest BCUT2D eigenvalue weighted by molar-refractivity contribution is -0.127. The number of nitrogens with one attached hydrogen (secondary N) is 2. The molecule has 0 fully saturated rings. The third kappa shape index (κ3) is 8.06. The van der Waals surface area contributed by atoms with Gasteiger partial charge in [0.15, 0.2) is 17.5 Å². The molecule has 0 aromatic heterocycles. The largest absolute Gasteiger partial charge is 0.493 e. The number of benzene rings is 1. The van der Waals surface area contributed by atoms with Crippen molar-refractivity contribution in [3.8, 4) is 11.5 Å². The highest BCUT2D eigenvalue weighted by atomic mass is 16.5. The van der Waals surface area contributed by atoms with E-state index in [2.05, 4.69) is 42.5 Å². The lowest BCUT2D eigenvalue weighted by Gasteiger charge is -2.20. The second kappa shape index (κ2) is 12.1. The van der Waals surface area contributed by atoms with Gasteiger partial charge >= 0.3 is 0 Å². The van der Waals surface area contributed by atoms with Crippen molar-refractivity contribution in [2.75, 3.05) is 41.4 Å². The van der Waals surface area contributed by atoms with Crippen molar-refractivity contribution in [3.63, 3.8) is 0 Å². The van der Waals surface area contributed by atoms with E-state index in [0.717, 1.165) is 30.9 Å². The minimum absolute atomic E-state index is 0.0244. The van der Waals surface area contributed by atoms with Crippen LogP contribution in [0.1, 0.15) is 32.8 Å². The van der Waals surface area contributed by atoms with Gasteiger partial charge in [0.1, 0.15) is 6.54 Å². The zero-order chi connectivity index (χ0) is 21.1. The molecular formula is C21H36N4O3. The second-order valence-corrected chi connectivity index (χ2v) is 7.29. The van der Waals surface area contributed by atoms with Crippen molar-refractivity contribution < 1.29 is 14.3 Å². The molecule has 0 spiro atoms. The Balaban J connectivity index is 2.69. The molecule has 0 heterocycles. The van der Waals surface area contributed by atoms with Gasteiger partial charge in [-0.2, -0.15) is 0 Å². The predicted molar refractivity (Wildman–Crippen MR) is 114 cm³/mol. The van der Waals surface area contributed by atoms with Gasteiger partial charge < -0.3 is 25.0 Å². The van der Waals surface area contributed by atoms with Gasteiger partial charge in [0.05, 0.1) is 14.2 Å². The summed E-state index contributed by atoms with van der Waals surface area (Å²) in [6, 6.07) is 6.28. The summed E-state index contributed by atoms with van der Waals surface area (Å²) < 4.78 is 10.7. The monoisotopic (exact) mass is 392 g/mol. The van der Waals surface area contributed by atoms with Crippen molar-refractivity contribution >= 4 is 11.9 Å². The quantitative estimate of drug-likeness (QED) is 0.472. The molecule has 1 aromatic carbocycles. The number of aliphatic imine (C=N–C) groups is 1. The maximum Gasteiger partial charge on any atom is 0.243 e. The molecule has 7 nitrogen and oxygen atoms in total. The third-order valence-electron chi connectivity index (χ3n) is 4.52. The van der Waals surface area contributed by atoms with Gasteiger partial charge in [-0.15, -0.1) is 0 Å². The summed E-state index contributed by atoms with van der Waals surface area (Å²) in [5.41, 5.74) is 1.18. The van der Waals surface area contributed by atoms with E-state index in [0.29, 0.717) is 11.9 Å². The molecule has 1 aromatic rings. The van der Waals surface area contributed by atoms with Crippen LogP contribution in [0.2, 0.25) is 0 Å². The van der Waals surface area contributed by atoms with E-state index in [1.54, 1.807) is 33.2 Å². The molecule has 0 bridgehead atoms. The molecule has 0 saturated heterocycles. The Hall–Kier alpha value is -2.44. The van der Waals surface area contributed by atoms with E-state index in [1.165, 1.54) is 5.56 Å². The van der Waals surface area contributed by atoms with Gasteiger partial charge in [-0.25, -0.2) is 4.99 Å². The van der Waals surface area contributed by atoms with E-state index >= 15 is 0 Å². The first-order valence-corrected chi connectivity index (χ1v) is 9.76. The number of nitrogens with zero attached hydrogens (tertiary/aromatic N) is 2. The molecular weight excluding hydrogens is 356 g/mol. The summed E-state index contributed by atoms with van der Waals surface area (Å²) in [6.45, 7) is 7.25. The van der Waals surface area contributed by atoms with Gasteiger partial charge in [0.2, 0.25) is 5.91 Å². The molecule has 0 aliphatic carbocycles. The maximum absolute atomic E-state index is 11.8. The molecule has 2 unspecified atom stereocenters. The number of carbonyl (C=O) groups is 1. The van der Waals surface area contributed by atoms with Crippen molar-refractivity contribution in [2.24, 2.45) is 10.9 Å². The zero-order valence-corrected chi connectivity index (χ0v) is 18.3. The van der Waals surface area contributed by atoms with E-state index in [1.807, 2.05) is 12.1 Å². The van der Waals surface area contributed by atoms with Gasteiger partial charge in [-0.05, 0) is 43.4 Å². The average molecular weight is 393 g/mol. The summed E-state index contributed by atoms with van der Waals surface area (Å²) in [7, 11) is 6.75. The smallest absolute Gasteiger partial charge is 0.243 e. The highest BCUT2D eigenvalue weighted by Crippen LogP contribution is 2.28. The second-order valence-electron chi connectivity index (χ2n) is 7.29. The highest BCUT2D eigenvalue weighted by Gasteiger charge is 2.11. The Bertz CT molecular complexity index is 647. The molecule has 2 N–H and O–H groups in total. The van der Waals surface area contributed by atoms with Gasteiger partial charge in [0, 0.05) is 26.7 Å². The topological polar surface area (TPSA) is 75.2 Å². The fourth-order valence-electron chi connectivity index (χ4n) is 2.53. The number of guanidine groups is 1. The Kier molecular flexibility index (Phi) is 10.2. The minimum Gasteiger partial charge on any atom is -0.493 e. The van der Waals surface area contributed by atoms with Crippen LogP contribution < -0.4 is 20.1 Å². The molecule has 1 amide bonds. The van der Waals surface area contributed by atoms with Crippen LogP contribution in [0.15, 0.2) is 23.2 Å². The number of methoxy groups -OCH3 is 2. The van der Waals surface area contributed by atoms with Crippen LogP contribution >= 0.6 is 0 Å². The number of likely N-dealkylation sites (N-methyl/N-ethyl adjacent to an activating group) is 1. The summed E-state index contributed by atoms with van der Waals surface area (Å²) in [6.07, 6.45) is 1.87. The molecule has 0 radical (unpaired) electrons. The van der Waals surface area contributed by atoms with Crippen molar-refractivity contribution in [1.29, 1.82) is 0 Å². The molecule has 0 aliphatic rings. The number of ether oxygens (including phenoxy) is 2. The lowest BCUT2D eigenvalue weighted by atomic mass is 10.0. The first-order valence-electron chi connectivity index (χ1n) is 9.76. The SMILES string of the molecule is CCC(C)NC(=NCC(=O)N(C)C)NCC(C)Cc1ccc(OC)c(OC)c1. The molecule has 0 saturated carbocycles. The zero-order valence-electron chi connectivity index (χ0n) is 18.3. The molecule has 0 aliphatic heterocycles. The fraction of sp³-hybridized carbons (Fsp3) is 0.619. The normalized spacial score (nSPS) is 13.5. The van der Waals surface area contributed by atoms with Gasteiger partial charge in [-0.3, -0.25) is 4.79 Å². The Morgan fingerprint density at radius 2 is 1.86 bits per heavy atom. The molecule has 28 heavy (non-hydrogen) atoms. The Labute approximate surface area is 169 Å². The van der Waals surface area contributed by atoms with Crippen LogP contribution in [0.3, 0.4) is 0 Å². The third-order valence-corrected chi connectivity index (χ3v) is 4.52. The van der Waals surface area contributed by atoms with Gasteiger partial charge in [0.25, 0.3) is 0 Å². The molecule has 2 atom stereocenters. The van der Waals surface area contributed by atoms with Crippen LogP contribution in [-0.4, -0.2) is 64.2 Å². The standard InChI is InChI=1S/C21H36N4O3/c1-8-16(3)24-21(23-14-20(26)25(4)5)22-13-15(2)11-17-9-10-18(27-6)19(12-17)28-7/h9-10,12,15-16H,8,11,13-14H2,1-7H3,(H2,22,23,24). The number of carbonyl (C=O) groups excluding carboxylic acids is 1. The number of hydrogen-bond acceptors (Lipinski definition) is 4. The summed E-state index contributed by atoms with van der Waals surface area (Å²) in [5.74, 6) is 2.48. The Morgan fingerprint density at radius 1 is 1.18 bits per heavy atom. The van der Waals surface area contributed by atoms with Crippen LogP contribution in [0, 0.1) is 5.92 Å². The highest BCUT2D eigenvalue weighted by molar-refractivity contribution is 5.84. The van der Waals surface area contributed by atoms with E-state index in [4.69, 9.17) is 9.47 Å². The van der Waals surface area contributed by atoms with Crippen LogP contribution in [-0.2, 0) is 11.2 Å². The van der Waals surface area contributed by atoms with Crippen LogP contribution in [0.5, 0.6) is 11.5 Å². The maximum atomic E-state index is 11.8. The van der Waals surface area contributed by atoms with E-state index in [9.17, 15) is 4.79 Å². The van der Waals surface area contributed by atoms with Crippen molar-refractivity contribution in [3.05, 3.63) is 23.8 Å². The number of hydrogen-bond donors (Lipinski definition) is 2. The van der Waals surface area contributed by atoms with Crippen LogP contribution in [0.25, 0.3) is 0 Å². The van der Waals surface area contributed by atoms with Gasteiger partial charge in [-0.1, -0.05) is 19.9 Å². The molecule has 158 valence electrons. The number of rotatable bonds is 10. The summed E-state index contributed by atoms with van der Waals surface area (Å²) in [5, 5.41) is 6.71. The first kappa shape index (κ1) is 23.6. The average Bonchev–Trinajstić information content (AvgIpc) is 2.69. The lowest BCUT2D eigenvalue weighted by Crippen LogP contribution is -2.44. The van der Waals surface area contributed by atoms with Crippen molar-refractivity contribution in [2.45, 2.75) is 39.7 Å². The van der Waals surface area contributed by atoms with E-state index in [-0.39, 0.29) is 18.5 Å². The molecule has 1 rings (SSSR count). The summed E-state index contributed by atoms with van der Waals surface area (Å²) in [4.78, 5) is 17.8. The Morgan fingerprint density at radius 3 is 2.43 bits per heavy atom. The van der Waals surface area contributed by atoms with E-state index < -0.39 is 0 Å².